The number of halogens is 2. The van der Waals surface area contributed by atoms with Crippen LogP contribution in [0.25, 0.3) is 11.4 Å². The normalized spacial score (nSPS) is 15.7. The molecule has 0 fully saturated rings. The minimum absolute atomic E-state index is 0.134. The molecule has 1 N–H and O–H groups in total. The van der Waals surface area contributed by atoms with E-state index in [1.807, 2.05) is 48.5 Å². The highest BCUT2D eigenvalue weighted by Gasteiger charge is 2.35. The third-order valence-electron chi connectivity index (χ3n) is 5.72. The van der Waals surface area contributed by atoms with Gasteiger partial charge in [-0.05, 0) is 23.3 Å². The molecule has 0 amide bonds. The molecular weight excluding hydrogens is 435 g/mol. The lowest BCUT2D eigenvalue weighted by molar-refractivity contribution is 0.292. The molecule has 4 aromatic carbocycles. The first kappa shape index (κ1) is 20.7. The van der Waals surface area contributed by atoms with Crippen LogP contribution in [0, 0.1) is 0 Å². The Balaban J connectivity index is 1.70. The molecule has 4 aromatic rings. The minimum Gasteiger partial charge on any atom is -0.359 e. The third kappa shape index (κ3) is 4.00. The van der Waals surface area contributed by atoms with E-state index in [9.17, 15) is 0 Å². The summed E-state index contributed by atoms with van der Waals surface area (Å²) in [6, 6.07) is 36.9. The Morgan fingerprint density at radius 1 is 0.625 bits per heavy atom. The monoisotopic (exact) mass is 456 g/mol. The fourth-order valence-corrected chi connectivity index (χ4v) is 4.64. The molecule has 32 heavy (non-hydrogen) atoms. The van der Waals surface area contributed by atoms with E-state index in [1.54, 1.807) is 0 Å². The van der Waals surface area contributed by atoms with Crippen molar-refractivity contribution in [2.24, 2.45) is 0 Å². The molecule has 5 rings (SSSR count). The van der Waals surface area contributed by atoms with Gasteiger partial charge < -0.3 is 10.2 Å². The topological polar surface area (TPSA) is 15.3 Å². The Bertz CT molecular complexity index is 1250. The minimum atomic E-state index is -0.134. The van der Waals surface area contributed by atoms with E-state index in [2.05, 4.69) is 70.9 Å². The maximum absolute atomic E-state index is 6.68. The van der Waals surface area contributed by atoms with Crippen molar-refractivity contribution >= 4 is 34.6 Å². The van der Waals surface area contributed by atoms with Crippen molar-refractivity contribution in [3.05, 3.63) is 141 Å². The Morgan fingerprint density at radius 3 is 1.84 bits per heavy atom. The highest BCUT2D eigenvalue weighted by molar-refractivity contribution is 6.31. The number of nitrogens with one attached hydrogen (secondary N) is 1. The van der Waals surface area contributed by atoms with E-state index in [4.69, 9.17) is 23.2 Å². The summed E-state index contributed by atoms with van der Waals surface area (Å²) < 4.78 is 0. The second kappa shape index (κ2) is 9.12. The number of hydrogen-bond donors (Lipinski definition) is 1. The number of benzene rings is 4. The molecule has 1 heterocycles. The van der Waals surface area contributed by atoms with Crippen molar-refractivity contribution < 1.29 is 0 Å². The van der Waals surface area contributed by atoms with E-state index in [1.165, 1.54) is 0 Å². The van der Waals surface area contributed by atoms with Crippen molar-refractivity contribution in [2.45, 2.75) is 12.7 Å². The highest BCUT2D eigenvalue weighted by atomic mass is 35.5. The van der Waals surface area contributed by atoms with Crippen molar-refractivity contribution in [3.8, 4) is 0 Å². The van der Waals surface area contributed by atoms with Gasteiger partial charge in [0.1, 0.15) is 6.17 Å². The van der Waals surface area contributed by atoms with Crippen LogP contribution < -0.4 is 5.32 Å². The molecule has 1 atom stereocenters. The Labute approximate surface area is 198 Å². The Hall–Kier alpha value is -3.20. The summed E-state index contributed by atoms with van der Waals surface area (Å²) in [4.78, 5) is 2.36. The number of nitrogens with zero attached hydrogens (tertiary/aromatic N) is 1. The van der Waals surface area contributed by atoms with Crippen LogP contribution in [0.1, 0.15) is 28.4 Å². The first-order valence-electron chi connectivity index (χ1n) is 10.6. The van der Waals surface area contributed by atoms with Gasteiger partial charge in [0.15, 0.2) is 0 Å². The van der Waals surface area contributed by atoms with Gasteiger partial charge in [-0.25, -0.2) is 0 Å². The number of hydrogen-bond acceptors (Lipinski definition) is 2. The van der Waals surface area contributed by atoms with Crippen molar-refractivity contribution in [1.82, 2.24) is 10.2 Å². The SMILES string of the molecule is Clc1ccccc1CN1C(c2ccccc2)=C(c2ccccc2)NC1c1ccccc1Cl. The lowest BCUT2D eigenvalue weighted by atomic mass is 10.0. The molecule has 4 heteroatoms. The van der Waals surface area contributed by atoms with Crippen LogP contribution in [-0.4, -0.2) is 4.90 Å². The lowest BCUT2D eigenvalue weighted by Crippen LogP contribution is -2.29. The second-order valence-corrected chi connectivity index (χ2v) is 8.56. The summed E-state index contributed by atoms with van der Waals surface area (Å²) >= 11 is 13.3. The molecule has 0 aromatic heterocycles. The predicted octanol–water partition coefficient (Wildman–Crippen LogP) is 7.62. The lowest BCUT2D eigenvalue weighted by Gasteiger charge is -2.30. The largest absolute Gasteiger partial charge is 0.359 e. The quantitative estimate of drug-likeness (QED) is 0.332. The highest BCUT2D eigenvalue weighted by Crippen LogP contribution is 2.43. The van der Waals surface area contributed by atoms with E-state index in [0.717, 1.165) is 43.7 Å². The maximum Gasteiger partial charge on any atom is 0.127 e. The van der Waals surface area contributed by atoms with Crippen LogP contribution in [0.5, 0.6) is 0 Å². The van der Waals surface area contributed by atoms with Crippen LogP contribution >= 0.6 is 23.2 Å². The second-order valence-electron chi connectivity index (χ2n) is 7.74. The van der Waals surface area contributed by atoms with Crippen LogP contribution in [0.3, 0.4) is 0 Å². The van der Waals surface area contributed by atoms with E-state index in [-0.39, 0.29) is 6.17 Å². The smallest absolute Gasteiger partial charge is 0.127 e. The van der Waals surface area contributed by atoms with Gasteiger partial charge in [-0.1, -0.05) is 120 Å². The van der Waals surface area contributed by atoms with Gasteiger partial charge in [0.25, 0.3) is 0 Å². The zero-order chi connectivity index (χ0) is 21.9. The molecule has 2 nitrogen and oxygen atoms in total. The zero-order valence-corrected chi connectivity index (χ0v) is 18.9. The van der Waals surface area contributed by atoms with Crippen molar-refractivity contribution in [2.75, 3.05) is 0 Å². The average Bonchev–Trinajstić information content (AvgIpc) is 3.21. The van der Waals surface area contributed by atoms with E-state index in [0.29, 0.717) is 6.54 Å². The van der Waals surface area contributed by atoms with Gasteiger partial charge in [0, 0.05) is 27.7 Å². The molecule has 1 aliphatic rings. The summed E-state index contributed by atoms with van der Waals surface area (Å²) in [7, 11) is 0. The molecule has 0 spiro atoms. The Morgan fingerprint density at radius 2 is 1.19 bits per heavy atom. The first-order chi connectivity index (χ1) is 15.7. The van der Waals surface area contributed by atoms with Crippen LogP contribution in [0.15, 0.2) is 109 Å². The van der Waals surface area contributed by atoms with E-state index >= 15 is 0 Å². The Kier molecular flexibility index (Phi) is 5.89. The van der Waals surface area contributed by atoms with Gasteiger partial charge >= 0.3 is 0 Å². The molecule has 1 unspecified atom stereocenters. The molecule has 158 valence electrons. The summed E-state index contributed by atoms with van der Waals surface area (Å²) in [5.74, 6) is 0. The summed E-state index contributed by atoms with van der Waals surface area (Å²) in [5.41, 5.74) is 6.57. The molecule has 0 saturated heterocycles. The van der Waals surface area contributed by atoms with Gasteiger partial charge in [0.2, 0.25) is 0 Å². The molecule has 0 radical (unpaired) electrons. The summed E-state index contributed by atoms with van der Waals surface area (Å²) in [5, 5.41) is 5.27. The van der Waals surface area contributed by atoms with Crippen LogP contribution in [0.2, 0.25) is 10.0 Å². The number of rotatable bonds is 5. The fourth-order valence-electron chi connectivity index (χ4n) is 4.21. The molecular formula is C28H22Cl2N2. The zero-order valence-electron chi connectivity index (χ0n) is 17.4. The van der Waals surface area contributed by atoms with Gasteiger partial charge in [-0.2, -0.15) is 0 Å². The van der Waals surface area contributed by atoms with Crippen LogP contribution in [-0.2, 0) is 6.54 Å². The molecule has 0 aliphatic carbocycles. The molecule has 0 saturated carbocycles. The average molecular weight is 457 g/mol. The summed E-state index contributed by atoms with van der Waals surface area (Å²) in [6.07, 6.45) is -0.134. The van der Waals surface area contributed by atoms with Crippen LogP contribution in [0.4, 0.5) is 0 Å². The van der Waals surface area contributed by atoms with Crippen molar-refractivity contribution in [3.63, 3.8) is 0 Å². The third-order valence-corrected chi connectivity index (χ3v) is 6.44. The van der Waals surface area contributed by atoms with E-state index < -0.39 is 0 Å². The predicted molar refractivity (Wildman–Crippen MR) is 134 cm³/mol. The van der Waals surface area contributed by atoms with Gasteiger partial charge in [0.05, 0.1) is 11.4 Å². The standard InChI is InChI=1S/C28H22Cl2N2/c29-24-17-9-7-15-22(24)19-32-27(21-13-5-2-6-14-21)26(20-11-3-1-4-12-20)31-28(32)23-16-8-10-18-25(23)30/h1-18,28,31H,19H2. The molecule has 1 aliphatic heterocycles. The van der Waals surface area contributed by atoms with Gasteiger partial charge in [-0.15, -0.1) is 0 Å². The first-order valence-corrected chi connectivity index (χ1v) is 11.3. The summed E-state index contributed by atoms with van der Waals surface area (Å²) in [6.45, 7) is 0.642. The maximum atomic E-state index is 6.68. The van der Waals surface area contributed by atoms with Crippen molar-refractivity contribution in [1.29, 1.82) is 0 Å². The fraction of sp³-hybridized carbons (Fsp3) is 0.0714. The molecule has 0 bridgehead atoms. The van der Waals surface area contributed by atoms with Gasteiger partial charge in [-0.3, -0.25) is 0 Å².